The number of β-lactam (4-membered cyclic amide) rings is 1. The number of anilines is 1. The molecule has 3 aliphatic heterocycles. The maximum absolute atomic E-state index is 13.5. The van der Waals surface area contributed by atoms with Crippen molar-refractivity contribution in [1.29, 1.82) is 0 Å². The van der Waals surface area contributed by atoms with Crippen molar-refractivity contribution >= 4 is 56.2 Å². The molecule has 20 heteroatoms. The van der Waals surface area contributed by atoms with Crippen molar-refractivity contribution in [2.45, 2.75) is 75.8 Å². The van der Waals surface area contributed by atoms with E-state index in [2.05, 4.69) is 35.4 Å². The van der Waals surface area contributed by atoms with Gasteiger partial charge in [-0.3, -0.25) is 19.1 Å². The zero-order chi connectivity index (χ0) is 35.7. The number of carbonyl (C=O) groups is 3. The van der Waals surface area contributed by atoms with E-state index in [0.717, 1.165) is 47.7 Å². The second-order valence-corrected chi connectivity index (χ2v) is 14.3. The first-order valence-corrected chi connectivity index (χ1v) is 17.6. The predicted molar refractivity (Wildman–Crippen MR) is 176 cm³/mol. The number of oxime groups is 1. The molecule has 18 nitrogen and oxygen atoms in total. The molecule has 0 radical (unpaired) electrons. The summed E-state index contributed by atoms with van der Waals surface area (Å²) in [5, 5.41) is 25.1. The number of carboxylic acids is 1. The minimum Gasteiger partial charge on any atom is -0.485 e. The highest BCUT2D eigenvalue weighted by molar-refractivity contribution is 7.80. The van der Waals surface area contributed by atoms with E-state index >= 15 is 0 Å². The smallest absolute Gasteiger partial charge is 0.418 e. The van der Waals surface area contributed by atoms with E-state index in [4.69, 9.17) is 19.9 Å². The Bertz CT molecular complexity index is 1800. The lowest BCUT2D eigenvalue weighted by atomic mass is 9.84. The van der Waals surface area contributed by atoms with Crippen LogP contribution in [0.1, 0.15) is 56.9 Å². The van der Waals surface area contributed by atoms with Gasteiger partial charge in [0.25, 0.3) is 17.4 Å². The molecular weight excluding hydrogens is 684 g/mol. The number of nitrogen functional groups attached to an aromatic ring is 1. The summed E-state index contributed by atoms with van der Waals surface area (Å²) in [6, 6.07) is 4.50. The van der Waals surface area contributed by atoms with Crippen molar-refractivity contribution in [3.8, 4) is 5.75 Å². The number of amidine groups is 1. The number of aromatic nitrogens is 1. The third-order valence-corrected chi connectivity index (χ3v) is 9.55. The molecule has 0 spiro atoms. The number of carboxylic acid groups (broad SMARTS) is 1. The van der Waals surface area contributed by atoms with Gasteiger partial charge < -0.3 is 36.4 Å². The number of nitrogens with one attached hydrogen (secondary N) is 3. The molecule has 1 unspecified atom stereocenters. The predicted octanol–water partition coefficient (Wildman–Crippen LogP) is 0.241. The van der Waals surface area contributed by atoms with Gasteiger partial charge in [0.2, 0.25) is 0 Å². The highest BCUT2D eigenvalue weighted by Crippen LogP contribution is 2.35. The highest BCUT2D eigenvalue weighted by Gasteiger charge is 2.58. The Kier molecular flexibility index (Phi) is 10.2. The maximum Gasteiger partial charge on any atom is 0.418 e. The number of hydrogen-bond donors (Lipinski definition) is 6. The minimum atomic E-state index is -5.02. The number of hydrogen-bond acceptors (Lipinski definition) is 15. The summed E-state index contributed by atoms with van der Waals surface area (Å²) in [5.41, 5.74) is 3.44. The molecule has 0 aliphatic carbocycles. The van der Waals surface area contributed by atoms with Crippen LogP contribution in [-0.4, -0.2) is 107 Å². The summed E-state index contributed by atoms with van der Waals surface area (Å²) >= 11 is 0.974. The molecule has 1 saturated heterocycles. The fraction of sp³-hybridized carbons (Fsp3) is 0.517. The van der Waals surface area contributed by atoms with Crippen molar-refractivity contribution in [3.05, 3.63) is 40.4 Å². The van der Waals surface area contributed by atoms with Crippen LogP contribution in [0.2, 0.25) is 0 Å². The van der Waals surface area contributed by atoms with Gasteiger partial charge in [0.1, 0.15) is 23.3 Å². The first-order valence-electron chi connectivity index (χ1n) is 15.3. The first-order chi connectivity index (χ1) is 23.0. The van der Waals surface area contributed by atoms with Gasteiger partial charge in [-0.1, -0.05) is 5.16 Å². The van der Waals surface area contributed by atoms with Gasteiger partial charge in [0.05, 0.1) is 12.1 Å². The Labute approximate surface area is 286 Å². The van der Waals surface area contributed by atoms with Crippen molar-refractivity contribution in [2.75, 3.05) is 25.9 Å². The number of nitrogens with zero attached hydrogens (tertiary/aromatic N) is 4. The number of amides is 2. The van der Waals surface area contributed by atoms with Crippen LogP contribution in [-0.2, 0) is 40.3 Å². The van der Waals surface area contributed by atoms with Crippen LogP contribution in [0.25, 0.3) is 0 Å². The first kappa shape index (κ1) is 35.9. The normalized spacial score (nSPS) is 22.9. The van der Waals surface area contributed by atoms with E-state index < -0.39 is 57.2 Å². The van der Waals surface area contributed by atoms with Gasteiger partial charge in [-0.05, 0) is 83.8 Å². The van der Waals surface area contributed by atoms with Crippen LogP contribution < -0.4 is 26.4 Å². The lowest BCUT2D eigenvalue weighted by Crippen LogP contribution is -2.76. The molecule has 1 aromatic heterocycles. The number of hydroxylamine groups is 2. The standard InChI is InChI=1S/C29H38N8O10S2/c1-28(2)22(25(39)37(28)47-49(42,43)44)35-24(38)21(18-14-48-27(30)34-18)36-46-29(3,26(40)41)20-10-8-15-12-16(7-9-19(15)45-20)23-32-13-17(33-23)6-5-11-31-4/h7,9,12,14,17,20,22,31H,5-6,8,10-11,13H2,1-4H3,(H2,30,34)(H,32,33)(H,35,38)(H,40,41)(H,42,43,44)/b36-21-/t17?,20-,22-,29+/m1/s1. The van der Waals surface area contributed by atoms with Crippen LogP contribution in [0.3, 0.4) is 0 Å². The molecule has 1 fully saturated rings. The molecule has 266 valence electrons. The van der Waals surface area contributed by atoms with Gasteiger partial charge in [-0.25, -0.2) is 9.78 Å². The number of aliphatic carboxylic acids is 1. The summed E-state index contributed by atoms with van der Waals surface area (Å²) in [5.74, 6) is -2.14. The summed E-state index contributed by atoms with van der Waals surface area (Å²) in [7, 11) is -3.10. The summed E-state index contributed by atoms with van der Waals surface area (Å²) in [6.45, 7) is 5.64. The van der Waals surface area contributed by atoms with Crippen molar-refractivity contribution in [3.63, 3.8) is 0 Å². The van der Waals surface area contributed by atoms with Gasteiger partial charge in [0.15, 0.2) is 16.9 Å². The summed E-state index contributed by atoms with van der Waals surface area (Å²) < 4.78 is 41.8. The number of ether oxygens (including phenoxy) is 1. The van der Waals surface area contributed by atoms with Gasteiger partial charge in [-0.2, -0.15) is 13.5 Å². The zero-order valence-corrected chi connectivity index (χ0v) is 28.8. The van der Waals surface area contributed by atoms with E-state index in [1.165, 1.54) is 26.2 Å². The largest absolute Gasteiger partial charge is 0.485 e. The van der Waals surface area contributed by atoms with E-state index in [9.17, 15) is 27.9 Å². The van der Waals surface area contributed by atoms with Crippen molar-refractivity contribution in [2.24, 2.45) is 10.1 Å². The fourth-order valence-corrected chi connectivity index (χ4v) is 6.67. The second kappa shape index (κ2) is 13.9. The molecule has 5 rings (SSSR count). The van der Waals surface area contributed by atoms with Crippen LogP contribution in [0.4, 0.5) is 5.13 Å². The van der Waals surface area contributed by atoms with Gasteiger partial charge in [-0.15, -0.1) is 15.6 Å². The van der Waals surface area contributed by atoms with E-state index in [-0.39, 0.29) is 23.3 Å². The van der Waals surface area contributed by atoms with Gasteiger partial charge >= 0.3 is 16.4 Å². The lowest BCUT2D eigenvalue weighted by molar-refractivity contribution is -0.218. The molecule has 49 heavy (non-hydrogen) atoms. The number of nitrogens with two attached hydrogens (primary N) is 1. The number of thiazole rings is 1. The molecule has 4 atom stereocenters. The molecule has 1 aromatic carbocycles. The fourth-order valence-electron chi connectivity index (χ4n) is 5.67. The number of aliphatic imine (C=N–C) groups is 1. The molecule has 2 aromatic rings. The molecular formula is C29H38N8O10S2. The molecule has 7 N–H and O–H groups in total. The number of benzene rings is 1. The SMILES string of the molecule is CNCCCC1CN=C(c2ccc3c(c2)CC[C@H]([C@](C)(O/N=C(\C(=O)N[C@@H]2C(=O)N(OS(=O)(=O)O)C2(C)C)c2csc(N)n2)C(=O)O)O3)N1. The lowest BCUT2D eigenvalue weighted by Gasteiger charge is -2.50. The van der Waals surface area contributed by atoms with E-state index in [1.54, 1.807) is 6.07 Å². The second-order valence-electron chi connectivity index (χ2n) is 12.5. The third kappa shape index (κ3) is 7.62. The molecule has 3 aliphatic rings. The molecule has 0 saturated carbocycles. The van der Waals surface area contributed by atoms with E-state index in [0.29, 0.717) is 23.8 Å². The maximum atomic E-state index is 13.5. The molecule has 4 heterocycles. The van der Waals surface area contributed by atoms with Crippen molar-refractivity contribution in [1.82, 2.24) is 26.0 Å². The zero-order valence-electron chi connectivity index (χ0n) is 27.1. The summed E-state index contributed by atoms with van der Waals surface area (Å²) in [6.07, 6.45) is 1.68. The summed E-state index contributed by atoms with van der Waals surface area (Å²) in [4.78, 5) is 53.1. The third-order valence-electron chi connectivity index (χ3n) is 8.54. The van der Waals surface area contributed by atoms with Crippen LogP contribution >= 0.6 is 11.3 Å². The average molecular weight is 723 g/mol. The van der Waals surface area contributed by atoms with E-state index in [1.807, 2.05) is 19.2 Å². The molecule has 2 amide bonds. The Morgan fingerprint density at radius 2 is 2.10 bits per heavy atom. The van der Waals surface area contributed by atoms with Crippen LogP contribution in [0.15, 0.2) is 33.7 Å². The topological polar surface area (TPSA) is 256 Å². The highest BCUT2D eigenvalue weighted by atomic mass is 32.3. The minimum absolute atomic E-state index is 0.0685. The van der Waals surface area contributed by atoms with Gasteiger partial charge in [0, 0.05) is 17.0 Å². The van der Waals surface area contributed by atoms with Crippen molar-refractivity contribution < 1.29 is 46.3 Å². The number of carbonyl (C=O) groups excluding carboxylic acids is 2. The Morgan fingerprint density at radius 1 is 1.35 bits per heavy atom. The average Bonchev–Trinajstić information content (AvgIpc) is 3.70. The number of aryl methyl sites for hydroxylation is 1. The Morgan fingerprint density at radius 3 is 2.73 bits per heavy atom. The Balaban J connectivity index is 1.32. The van der Waals surface area contributed by atoms with Crippen LogP contribution in [0, 0.1) is 0 Å². The van der Waals surface area contributed by atoms with Crippen LogP contribution in [0.5, 0.6) is 5.75 Å². The molecule has 0 bridgehead atoms. The number of fused-ring (bicyclic) bond motifs is 1. The number of rotatable bonds is 14. The quantitative estimate of drug-likeness (QED) is 0.0502. The Hall–Kier alpha value is -4.37. The monoisotopic (exact) mass is 722 g/mol.